The highest BCUT2D eigenvalue weighted by Gasteiger charge is 2.30. The van der Waals surface area contributed by atoms with Crippen LogP contribution in [0.25, 0.3) is 0 Å². The highest BCUT2D eigenvalue weighted by Crippen LogP contribution is 2.43. The number of hydrogen-bond donors (Lipinski definition) is 2. The van der Waals surface area contributed by atoms with Crippen LogP contribution in [0.1, 0.15) is 213 Å². The summed E-state index contributed by atoms with van der Waals surface area (Å²) in [6.07, 6.45) is 80.0. The lowest BCUT2D eigenvalue weighted by Gasteiger charge is -2.27. The van der Waals surface area contributed by atoms with Gasteiger partial charge in [-0.1, -0.05) is 218 Å². The number of esters is 1. The van der Waals surface area contributed by atoms with Crippen molar-refractivity contribution in [2.75, 3.05) is 40.9 Å². The van der Waals surface area contributed by atoms with Crippen LogP contribution in [0.3, 0.4) is 0 Å². The monoisotopic (exact) mass is 1090 g/mol. The zero-order chi connectivity index (χ0) is 56.4. The molecule has 0 aromatic carbocycles. The number of carbonyl (C=O) groups excluding carboxylic acids is 2. The fourth-order valence-electron chi connectivity index (χ4n) is 7.67. The van der Waals surface area contributed by atoms with Gasteiger partial charge in [0.2, 0.25) is 5.91 Å². The molecule has 0 heterocycles. The second-order valence-corrected chi connectivity index (χ2v) is 22.2. The number of phosphoric ester groups is 1. The molecule has 3 unspecified atom stereocenters. The molecule has 0 rings (SSSR count). The van der Waals surface area contributed by atoms with Crippen molar-refractivity contribution < 1.29 is 37.3 Å². The SMILES string of the molecule is CC/C=C\C/C=C\C/C=C\C/C=C\C/C=C\C/C=C\CCCCC(=O)NC(COP(=O)(O)OCC[N+](C)(C)C)C(/C=C/CCCCCCCCCCC)OC(=O)CCCCC/C=C\C/C=C\C/C=C\C/C=C\C/C=C\CC. The van der Waals surface area contributed by atoms with E-state index < -0.39 is 20.0 Å². The maximum absolute atomic E-state index is 13.5. The first-order valence-electron chi connectivity index (χ1n) is 30.2. The number of nitrogens with one attached hydrogen (secondary N) is 1. The van der Waals surface area contributed by atoms with Crippen molar-refractivity contribution in [1.29, 1.82) is 0 Å². The number of hydrogen-bond acceptors (Lipinski definition) is 6. The van der Waals surface area contributed by atoms with E-state index >= 15 is 0 Å². The summed E-state index contributed by atoms with van der Waals surface area (Å²) in [6.45, 7) is 6.69. The van der Waals surface area contributed by atoms with Gasteiger partial charge in [-0.3, -0.25) is 18.6 Å². The summed E-state index contributed by atoms with van der Waals surface area (Å²) in [5.41, 5.74) is 0. The summed E-state index contributed by atoms with van der Waals surface area (Å²) < 4.78 is 30.6. The van der Waals surface area contributed by atoms with E-state index in [-0.39, 0.29) is 37.9 Å². The maximum Gasteiger partial charge on any atom is 0.472 e. The molecule has 0 saturated heterocycles. The van der Waals surface area contributed by atoms with E-state index in [1.54, 1.807) is 0 Å². The number of carbonyl (C=O) groups is 2. The Morgan fingerprint density at radius 1 is 0.468 bits per heavy atom. The molecular weight excluding hydrogens is 976 g/mol. The average molecular weight is 1090 g/mol. The number of rotatable bonds is 52. The Hall–Kier alpha value is -4.11. The summed E-state index contributed by atoms with van der Waals surface area (Å²) in [5.74, 6) is -0.608. The number of likely N-dealkylation sites (N-methyl/N-ethyl adjacent to an activating group) is 1. The average Bonchev–Trinajstić information content (AvgIpc) is 3.39. The molecular formula is C67H112N2O7P+. The van der Waals surface area contributed by atoms with Crippen LogP contribution in [0.4, 0.5) is 0 Å². The van der Waals surface area contributed by atoms with Crippen molar-refractivity contribution in [3.8, 4) is 0 Å². The van der Waals surface area contributed by atoms with E-state index in [1.165, 1.54) is 44.9 Å². The summed E-state index contributed by atoms with van der Waals surface area (Å²) in [5, 5.41) is 3.01. The summed E-state index contributed by atoms with van der Waals surface area (Å²) in [6, 6.07) is -0.896. The van der Waals surface area contributed by atoms with Crippen LogP contribution < -0.4 is 5.32 Å². The van der Waals surface area contributed by atoms with E-state index in [2.05, 4.69) is 160 Å². The standard InChI is InChI=1S/C67H111N2O7P/c1-7-10-13-16-19-22-25-27-29-31-33-34-36-37-39-41-44-47-50-53-56-59-66(70)68-64(63-75-77(72,73)74-62-61-69(4,5)6)65(58-55-52-49-46-43-24-21-18-15-12-9-3)76-67(71)60-57-54-51-48-45-42-40-38-35-32-30-28-26-23-20-17-14-11-8-2/h10-11,13-14,19-20,22-23,27-30,33-35,37-39,42,44-45,47,55,58,64-65H,7-9,12,15-18,21,24-26,31-32,36,40-41,43,46,48-54,56-57,59-63H2,1-6H3,(H-,68,70,72,73)/p+1/b13-10-,14-11-,22-19-,23-20-,29-27-,30-28-,34-33-,38-35-,39-37-,45-42-,47-44-,58-55+. The highest BCUT2D eigenvalue weighted by molar-refractivity contribution is 7.47. The first-order chi connectivity index (χ1) is 37.4. The van der Waals surface area contributed by atoms with E-state index in [4.69, 9.17) is 13.8 Å². The van der Waals surface area contributed by atoms with E-state index in [0.29, 0.717) is 23.9 Å². The quantitative estimate of drug-likeness (QED) is 0.0205. The van der Waals surface area contributed by atoms with Gasteiger partial charge in [-0.05, 0) is 128 Å². The largest absolute Gasteiger partial charge is 0.472 e. The van der Waals surface area contributed by atoms with Crippen LogP contribution in [-0.4, -0.2) is 74.3 Å². The summed E-state index contributed by atoms with van der Waals surface area (Å²) in [4.78, 5) is 37.6. The number of nitrogens with zero attached hydrogens (tertiary/aromatic N) is 1. The molecule has 3 atom stereocenters. The lowest BCUT2D eigenvalue weighted by molar-refractivity contribution is -0.870. The molecule has 0 spiro atoms. The van der Waals surface area contributed by atoms with Gasteiger partial charge in [0.15, 0.2) is 0 Å². The zero-order valence-electron chi connectivity index (χ0n) is 49.6. The van der Waals surface area contributed by atoms with E-state index in [9.17, 15) is 19.0 Å². The van der Waals surface area contributed by atoms with Gasteiger partial charge < -0.3 is 19.4 Å². The molecule has 0 aromatic rings. The van der Waals surface area contributed by atoms with Gasteiger partial charge in [0.1, 0.15) is 19.3 Å². The van der Waals surface area contributed by atoms with Crippen LogP contribution in [0.5, 0.6) is 0 Å². The van der Waals surface area contributed by atoms with Crippen molar-refractivity contribution in [1.82, 2.24) is 5.32 Å². The summed E-state index contributed by atoms with van der Waals surface area (Å²) in [7, 11) is 1.42. The number of unbranched alkanes of at least 4 members (excludes halogenated alkanes) is 14. The normalized spacial score (nSPS) is 14.7. The van der Waals surface area contributed by atoms with Crippen LogP contribution in [0, 0.1) is 0 Å². The third-order valence-corrected chi connectivity index (χ3v) is 13.3. The molecule has 0 aliphatic heterocycles. The third-order valence-electron chi connectivity index (χ3n) is 12.3. The minimum Gasteiger partial charge on any atom is -0.456 e. The molecule has 0 bridgehead atoms. The van der Waals surface area contributed by atoms with Crippen molar-refractivity contribution in [2.24, 2.45) is 0 Å². The molecule has 0 saturated carbocycles. The summed E-state index contributed by atoms with van der Waals surface area (Å²) >= 11 is 0. The topological polar surface area (TPSA) is 111 Å². The van der Waals surface area contributed by atoms with Crippen LogP contribution >= 0.6 is 7.82 Å². The van der Waals surface area contributed by atoms with E-state index in [1.807, 2.05) is 33.3 Å². The molecule has 0 radical (unpaired) electrons. The lowest BCUT2D eigenvalue weighted by atomic mass is 10.1. The Labute approximate surface area is 472 Å². The minimum atomic E-state index is -4.48. The molecule has 10 heteroatoms. The number of quaternary nitrogens is 1. The Bertz CT molecular complexity index is 1830. The van der Waals surface area contributed by atoms with Gasteiger partial charge in [0.25, 0.3) is 0 Å². The Kier molecular flexibility index (Phi) is 52.3. The van der Waals surface area contributed by atoms with Crippen LogP contribution in [0.2, 0.25) is 0 Å². The van der Waals surface area contributed by atoms with Gasteiger partial charge in [0, 0.05) is 12.8 Å². The molecule has 77 heavy (non-hydrogen) atoms. The van der Waals surface area contributed by atoms with Crippen molar-refractivity contribution >= 4 is 19.7 Å². The smallest absolute Gasteiger partial charge is 0.456 e. The molecule has 0 aliphatic carbocycles. The van der Waals surface area contributed by atoms with Gasteiger partial charge in [-0.25, -0.2) is 4.57 Å². The van der Waals surface area contributed by atoms with E-state index in [0.717, 1.165) is 122 Å². The van der Waals surface area contributed by atoms with Crippen molar-refractivity contribution in [2.45, 2.75) is 226 Å². The number of phosphoric acid groups is 1. The first-order valence-corrected chi connectivity index (χ1v) is 31.7. The fourth-order valence-corrected chi connectivity index (χ4v) is 8.41. The van der Waals surface area contributed by atoms with Crippen molar-refractivity contribution in [3.63, 3.8) is 0 Å². The molecule has 436 valence electrons. The highest BCUT2D eigenvalue weighted by atomic mass is 31.2. The minimum absolute atomic E-state index is 0.0171. The molecule has 1 amide bonds. The Morgan fingerprint density at radius 3 is 1.26 bits per heavy atom. The van der Waals surface area contributed by atoms with Crippen LogP contribution in [-0.2, 0) is 27.9 Å². The van der Waals surface area contributed by atoms with Crippen LogP contribution in [0.15, 0.2) is 146 Å². The second kappa shape index (κ2) is 55.2. The molecule has 0 aromatic heterocycles. The predicted octanol–water partition coefficient (Wildman–Crippen LogP) is 18.7. The van der Waals surface area contributed by atoms with Gasteiger partial charge in [-0.2, -0.15) is 0 Å². The molecule has 0 aliphatic rings. The Morgan fingerprint density at radius 2 is 0.831 bits per heavy atom. The molecule has 0 fully saturated rings. The Balaban J connectivity index is 5.41. The zero-order valence-corrected chi connectivity index (χ0v) is 50.5. The first kappa shape index (κ1) is 72.9. The fraction of sp³-hybridized carbons (Fsp3) is 0.612. The lowest BCUT2D eigenvalue weighted by Crippen LogP contribution is -2.47. The number of ether oxygens (including phenoxy) is 1. The van der Waals surface area contributed by atoms with Crippen molar-refractivity contribution in [3.05, 3.63) is 146 Å². The van der Waals surface area contributed by atoms with Gasteiger partial charge in [-0.15, -0.1) is 0 Å². The molecule has 9 nitrogen and oxygen atoms in total. The van der Waals surface area contributed by atoms with Gasteiger partial charge in [0.05, 0.1) is 33.8 Å². The predicted molar refractivity (Wildman–Crippen MR) is 332 cm³/mol. The maximum atomic E-state index is 13.5. The van der Waals surface area contributed by atoms with Gasteiger partial charge >= 0.3 is 13.8 Å². The number of allylic oxidation sites excluding steroid dienone is 23. The molecule has 2 N–H and O–H groups in total. The third kappa shape index (κ3) is 56.4. The second-order valence-electron chi connectivity index (χ2n) is 20.8. The number of amides is 1.